The number of aromatic nitrogens is 1. The number of nitrogens with zero attached hydrogens (tertiary/aromatic N) is 3. The Labute approximate surface area is 156 Å². The zero-order valence-corrected chi connectivity index (χ0v) is 15.7. The number of anilines is 1. The van der Waals surface area contributed by atoms with Gasteiger partial charge in [0.2, 0.25) is 0 Å². The first-order chi connectivity index (χ1) is 12.7. The molecule has 0 saturated carbocycles. The van der Waals surface area contributed by atoms with Crippen LogP contribution >= 0.6 is 0 Å². The first-order valence-electron chi connectivity index (χ1n) is 9.44. The van der Waals surface area contributed by atoms with Gasteiger partial charge in [0.25, 0.3) is 5.91 Å². The molecule has 2 aromatic rings. The van der Waals surface area contributed by atoms with E-state index in [1.807, 2.05) is 17.0 Å². The third kappa shape index (κ3) is 4.82. The zero-order valence-electron chi connectivity index (χ0n) is 15.7. The third-order valence-corrected chi connectivity index (χ3v) is 4.92. The number of piperazine rings is 1. The molecule has 138 valence electrons. The Balaban J connectivity index is 1.56. The SMILES string of the molecule is CCC(C)Nc1cc(C(=O)N2CCN(Cc3ccccc3)CC2)ccn1. The van der Waals surface area contributed by atoms with Crippen molar-refractivity contribution < 1.29 is 4.79 Å². The van der Waals surface area contributed by atoms with Crippen molar-refractivity contribution in [3.63, 3.8) is 0 Å². The minimum atomic E-state index is 0.0963. The normalized spacial score (nSPS) is 16.3. The number of benzene rings is 1. The van der Waals surface area contributed by atoms with E-state index in [1.165, 1.54) is 5.56 Å². The highest BCUT2D eigenvalue weighted by Gasteiger charge is 2.22. The van der Waals surface area contributed by atoms with E-state index in [-0.39, 0.29) is 5.91 Å². The maximum absolute atomic E-state index is 12.8. The van der Waals surface area contributed by atoms with Crippen molar-refractivity contribution in [2.75, 3.05) is 31.5 Å². The van der Waals surface area contributed by atoms with Crippen LogP contribution in [0.4, 0.5) is 5.82 Å². The van der Waals surface area contributed by atoms with Gasteiger partial charge in [-0.25, -0.2) is 4.98 Å². The Morgan fingerprint density at radius 2 is 1.88 bits per heavy atom. The van der Waals surface area contributed by atoms with Crippen molar-refractivity contribution in [3.05, 3.63) is 59.8 Å². The number of amides is 1. The van der Waals surface area contributed by atoms with Gasteiger partial charge in [-0.2, -0.15) is 0 Å². The highest BCUT2D eigenvalue weighted by Crippen LogP contribution is 2.14. The summed E-state index contributed by atoms with van der Waals surface area (Å²) in [6, 6.07) is 14.5. The first-order valence-corrected chi connectivity index (χ1v) is 9.44. The summed E-state index contributed by atoms with van der Waals surface area (Å²) in [6.45, 7) is 8.53. The van der Waals surface area contributed by atoms with Crippen molar-refractivity contribution in [1.29, 1.82) is 0 Å². The van der Waals surface area contributed by atoms with Gasteiger partial charge in [-0.1, -0.05) is 37.3 Å². The molecular formula is C21H28N4O. The van der Waals surface area contributed by atoms with E-state index in [9.17, 15) is 4.79 Å². The largest absolute Gasteiger partial charge is 0.368 e. The fraction of sp³-hybridized carbons (Fsp3) is 0.429. The molecule has 1 N–H and O–H groups in total. The molecule has 1 aromatic carbocycles. The summed E-state index contributed by atoms with van der Waals surface area (Å²) in [5.41, 5.74) is 2.03. The second kappa shape index (κ2) is 8.81. The van der Waals surface area contributed by atoms with Gasteiger partial charge >= 0.3 is 0 Å². The maximum atomic E-state index is 12.8. The molecule has 26 heavy (non-hydrogen) atoms. The molecule has 0 spiro atoms. The summed E-state index contributed by atoms with van der Waals surface area (Å²) in [4.78, 5) is 21.5. The number of rotatable bonds is 6. The molecule has 1 aliphatic heterocycles. The molecule has 1 fully saturated rings. The van der Waals surface area contributed by atoms with E-state index in [1.54, 1.807) is 12.3 Å². The van der Waals surface area contributed by atoms with Crippen molar-refractivity contribution in [1.82, 2.24) is 14.8 Å². The smallest absolute Gasteiger partial charge is 0.254 e. The number of carbonyl (C=O) groups is 1. The van der Waals surface area contributed by atoms with Crippen LogP contribution in [0.3, 0.4) is 0 Å². The molecule has 1 amide bonds. The predicted octanol–water partition coefficient (Wildman–Crippen LogP) is 3.25. The Kier molecular flexibility index (Phi) is 6.23. The molecule has 3 rings (SSSR count). The van der Waals surface area contributed by atoms with Crippen LogP contribution in [0.25, 0.3) is 0 Å². The Hall–Kier alpha value is -2.40. The lowest BCUT2D eigenvalue weighted by Gasteiger charge is -2.34. The fourth-order valence-corrected chi connectivity index (χ4v) is 3.13. The number of nitrogens with one attached hydrogen (secondary N) is 1. The van der Waals surface area contributed by atoms with Crippen molar-refractivity contribution in [2.24, 2.45) is 0 Å². The van der Waals surface area contributed by atoms with E-state index < -0.39 is 0 Å². The van der Waals surface area contributed by atoms with Crippen LogP contribution in [-0.2, 0) is 6.54 Å². The van der Waals surface area contributed by atoms with Gasteiger partial charge in [0, 0.05) is 50.5 Å². The zero-order chi connectivity index (χ0) is 18.4. The van der Waals surface area contributed by atoms with Crippen LogP contribution in [0.5, 0.6) is 0 Å². The highest BCUT2D eigenvalue weighted by molar-refractivity contribution is 5.94. The molecule has 0 bridgehead atoms. The average Bonchev–Trinajstić information content (AvgIpc) is 2.69. The summed E-state index contributed by atoms with van der Waals surface area (Å²) in [7, 11) is 0. The molecule has 1 atom stereocenters. The molecule has 0 radical (unpaired) electrons. The summed E-state index contributed by atoms with van der Waals surface area (Å²) < 4.78 is 0. The summed E-state index contributed by atoms with van der Waals surface area (Å²) in [6.07, 6.45) is 2.73. The molecule has 1 unspecified atom stereocenters. The van der Waals surface area contributed by atoms with E-state index in [0.29, 0.717) is 11.6 Å². The summed E-state index contributed by atoms with van der Waals surface area (Å²) >= 11 is 0. The van der Waals surface area contributed by atoms with Gasteiger partial charge in [-0.3, -0.25) is 9.69 Å². The van der Waals surface area contributed by atoms with Gasteiger partial charge in [-0.15, -0.1) is 0 Å². The Morgan fingerprint density at radius 1 is 1.15 bits per heavy atom. The first kappa shape index (κ1) is 18.4. The van der Waals surface area contributed by atoms with Gasteiger partial charge in [-0.05, 0) is 31.0 Å². The van der Waals surface area contributed by atoms with E-state index in [4.69, 9.17) is 0 Å². The van der Waals surface area contributed by atoms with Crippen LogP contribution in [0.1, 0.15) is 36.2 Å². The van der Waals surface area contributed by atoms with Gasteiger partial charge < -0.3 is 10.2 Å². The highest BCUT2D eigenvalue weighted by atomic mass is 16.2. The number of hydrogen-bond acceptors (Lipinski definition) is 4. The van der Waals surface area contributed by atoms with Gasteiger partial charge in [0.15, 0.2) is 0 Å². The quantitative estimate of drug-likeness (QED) is 0.867. The molecule has 5 nitrogen and oxygen atoms in total. The lowest BCUT2D eigenvalue weighted by Crippen LogP contribution is -2.48. The fourth-order valence-electron chi connectivity index (χ4n) is 3.13. The molecule has 1 aromatic heterocycles. The van der Waals surface area contributed by atoms with Crippen LogP contribution in [0, 0.1) is 0 Å². The molecule has 1 saturated heterocycles. The molecule has 1 aliphatic rings. The number of pyridine rings is 1. The van der Waals surface area contributed by atoms with Crippen LogP contribution in [0.15, 0.2) is 48.7 Å². The van der Waals surface area contributed by atoms with Crippen LogP contribution in [-0.4, -0.2) is 52.9 Å². The Morgan fingerprint density at radius 3 is 2.58 bits per heavy atom. The van der Waals surface area contributed by atoms with Gasteiger partial charge in [0.1, 0.15) is 5.82 Å². The summed E-state index contributed by atoms with van der Waals surface area (Å²) in [5, 5.41) is 3.33. The number of carbonyl (C=O) groups excluding carboxylic acids is 1. The van der Waals surface area contributed by atoms with Crippen molar-refractivity contribution in [3.8, 4) is 0 Å². The Bertz CT molecular complexity index is 711. The number of hydrogen-bond donors (Lipinski definition) is 1. The van der Waals surface area contributed by atoms with Crippen LogP contribution in [0.2, 0.25) is 0 Å². The van der Waals surface area contributed by atoms with Crippen molar-refractivity contribution in [2.45, 2.75) is 32.9 Å². The maximum Gasteiger partial charge on any atom is 0.254 e. The standard InChI is InChI=1S/C21H28N4O/c1-3-17(2)23-20-15-19(9-10-22-20)21(26)25-13-11-24(12-14-25)16-18-7-5-4-6-8-18/h4-10,15,17H,3,11-14,16H2,1-2H3,(H,22,23). The molecule has 2 heterocycles. The van der Waals surface area contributed by atoms with E-state index >= 15 is 0 Å². The van der Waals surface area contributed by atoms with E-state index in [2.05, 4.69) is 53.3 Å². The second-order valence-electron chi connectivity index (χ2n) is 6.94. The molecule has 5 heteroatoms. The summed E-state index contributed by atoms with van der Waals surface area (Å²) in [5.74, 6) is 0.867. The van der Waals surface area contributed by atoms with Crippen LogP contribution < -0.4 is 5.32 Å². The van der Waals surface area contributed by atoms with Crippen molar-refractivity contribution >= 4 is 11.7 Å². The topological polar surface area (TPSA) is 48.5 Å². The average molecular weight is 352 g/mol. The lowest BCUT2D eigenvalue weighted by molar-refractivity contribution is 0.0628. The second-order valence-corrected chi connectivity index (χ2v) is 6.94. The monoisotopic (exact) mass is 352 g/mol. The molecular weight excluding hydrogens is 324 g/mol. The van der Waals surface area contributed by atoms with E-state index in [0.717, 1.165) is 45.0 Å². The minimum Gasteiger partial charge on any atom is -0.368 e. The molecule has 0 aliphatic carbocycles. The van der Waals surface area contributed by atoms with Gasteiger partial charge in [0.05, 0.1) is 0 Å². The lowest BCUT2D eigenvalue weighted by atomic mass is 10.1. The third-order valence-electron chi connectivity index (χ3n) is 4.92. The predicted molar refractivity (Wildman–Crippen MR) is 105 cm³/mol. The minimum absolute atomic E-state index is 0.0963.